The van der Waals surface area contributed by atoms with E-state index in [9.17, 15) is 4.39 Å². The van der Waals surface area contributed by atoms with Crippen molar-refractivity contribution in [2.75, 3.05) is 36.5 Å². The van der Waals surface area contributed by atoms with E-state index < -0.39 is 0 Å². The van der Waals surface area contributed by atoms with Crippen molar-refractivity contribution in [1.29, 1.82) is 0 Å². The van der Waals surface area contributed by atoms with Crippen molar-refractivity contribution in [2.24, 2.45) is 5.92 Å². The van der Waals surface area contributed by atoms with Crippen LogP contribution in [-0.4, -0.2) is 46.6 Å². The number of rotatable bonds is 4. The largest absolute Gasteiger partial charge is 0.357 e. The molecule has 6 nitrogen and oxygen atoms in total. The molecule has 0 saturated carbocycles. The van der Waals surface area contributed by atoms with Crippen LogP contribution in [0.5, 0.6) is 0 Å². The van der Waals surface area contributed by atoms with Crippen LogP contribution in [0, 0.1) is 18.7 Å². The molecule has 144 valence electrons. The first kappa shape index (κ1) is 18.1. The third-order valence-electron chi connectivity index (χ3n) is 5.86. The average Bonchev–Trinajstić information content (AvgIpc) is 2.70. The maximum Gasteiger partial charge on any atom is 0.186 e. The predicted molar refractivity (Wildman–Crippen MR) is 104 cm³/mol. The summed E-state index contributed by atoms with van der Waals surface area (Å²) in [4.78, 5) is 21.5. The molecule has 0 aromatic carbocycles. The van der Waals surface area contributed by atoms with E-state index in [1.54, 1.807) is 13.3 Å². The minimum atomic E-state index is -0.315. The molecule has 2 aliphatic rings. The number of aromatic nitrogens is 4. The number of hydrogen-bond donors (Lipinski definition) is 0. The molecule has 1 aliphatic heterocycles. The lowest BCUT2D eigenvalue weighted by atomic mass is 9.93. The number of aryl methyl sites for hydroxylation is 2. The highest BCUT2D eigenvalue weighted by atomic mass is 19.1. The first-order valence-electron chi connectivity index (χ1n) is 9.89. The summed E-state index contributed by atoms with van der Waals surface area (Å²) in [7, 11) is 1.91. The van der Waals surface area contributed by atoms with Gasteiger partial charge in [-0.15, -0.1) is 0 Å². The number of hydrogen-bond acceptors (Lipinski definition) is 6. The van der Waals surface area contributed by atoms with Crippen molar-refractivity contribution < 1.29 is 4.39 Å². The molecule has 0 radical (unpaired) electrons. The Labute approximate surface area is 159 Å². The smallest absolute Gasteiger partial charge is 0.186 e. The van der Waals surface area contributed by atoms with Crippen molar-refractivity contribution in [3.8, 4) is 0 Å². The molecule has 0 bridgehead atoms. The number of fused-ring (bicyclic) bond motifs is 1. The summed E-state index contributed by atoms with van der Waals surface area (Å²) in [6.07, 6.45) is 9.96. The topological polar surface area (TPSA) is 58.0 Å². The highest BCUT2D eigenvalue weighted by Crippen LogP contribution is 2.30. The van der Waals surface area contributed by atoms with Crippen molar-refractivity contribution in [1.82, 2.24) is 19.9 Å². The third-order valence-corrected chi connectivity index (χ3v) is 5.86. The second-order valence-corrected chi connectivity index (χ2v) is 7.74. The lowest BCUT2D eigenvalue weighted by Gasteiger charge is -2.36. The Bertz CT molecular complexity index is 803. The summed E-state index contributed by atoms with van der Waals surface area (Å²) < 4.78 is 14.3. The van der Waals surface area contributed by atoms with Crippen molar-refractivity contribution in [3.63, 3.8) is 0 Å². The fourth-order valence-electron chi connectivity index (χ4n) is 4.29. The molecular formula is C20H27FN6. The summed E-state index contributed by atoms with van der Waals surface area (Å²) in [5, 5.41) is 0. The van der Waals surface area contributed by atoms with Crippen molar-refractivity contribution >= 4 is 11.6 Å². The maximum atomic E-state index is 14.3. The summed E-state index contributed by atoms with van der Waals surface area (Å²) in [5.74, 6) is 1.75. The first-order valence-corrected chi connectivity index (χ1v) is 9.89. The number of nitrogens with zero attached hydrogens (tertiary/aromatic N) is 6. The molecule has 1 aliphatic carbocycles. The Hall–Kier alpha value is -2.31. The predicted octanol–water partition coefficient (Wildman–Crippen LogP) is 2.95. The van der Waals surface area contributed by atoms with Gasteiger partial charge in [-0.1, -0.05) is 0 Å². The molecule has 1 fully saturated rings. The Kier molecular flexibility index (Phi) is 5.18. The van der Waals surface area contributed by atoms with Crippen LogP contribution in [0.25, 0.3) is 0 Å². The van der Waals surface area contributed by atoms with Gasteiger partial charge in [-0.05, 0) is 51.4 Å². The van der Waals surface area contributed by atoms with Crippen molar-refractivity contribution in [3.05, 3.63) is 35.4 Å². The van der Waals surface area contributed by atoms with E-state index in [2.05, 4.69) is 24.8 Å². The summed E-state index contributed by atoms with van der Waals surface area (Å²) >= 11 is 0. The standard InChI is InChI=1S/C20H27FN6/c1-14-18(21)20(25-12-22-14)26(2)11-15-7-9-27(10-8-15)19-16-5-3-4-6-17(16)23-13-24-19/h12-13,15H,3-11H2,1-2H3. The molecule has 3 heterocycles. The molecule has 1 saturated heterocycles. The van der Waals surface area contributed by atoms with E-state index in [1.165, 1.54) is 30.4 Å². The van der Waals surface area contributed by atoms with Gasteiger partial charge in [0.25, 0.3) is 0 Å². The van der Waals surface area contributed by atoms with Gasteiger partial charge in [-0.2, -0.15) is 0 Å². The second kappa shape index (κ2) is 7.74. The molecule has 0 amide bonds. The average molecular weight is 370 g/mol. The van der Waals surface area contributed by atoms with E-state index in [0.29, 0.717) is 17.4 Å². The van der Waals surface area contributed by atoms with Crippen LogP contribution in [0.1, 0.15) is 42.6 Å². The lowest BCUT2D eigenvalue weighted by Crippen LogP contribution is -2.39. The number of anilines is 2. The molecular weight excluding hydrogens is 343 g/mol. The Morgan fingerprint density at radius 1 is 1.07 bits per heavy atom. The van der Waals surface area contributed by atoms with Gasteiger partial charge in [0.15, 0.2) is 11.6 Å². The molecule has 0 N–H and O–H groups in total. The van der Waals surface area contributed by atoms with Crippen molar-refractivity contribution in [2.45, 2.75) is 45.4 Å². The van der Waals surface area contributed by atoms with Crippen LogP contribution in [-0.2, 0) is 12.8 Å². The normalized spacial score (nSPS) is 17.7. The molecule has 0 spiro atoms. The molecule has 2 aromatic rings. The highest BCUT2D eigenvalue weighted by Gasteiger charge is 2.26. The quantitative estimate of drug-likeness (QED) is 0.825. The summed E-state index contributed by atoms with van der Waals surface area (Å²) in [6.45, 7) is 4.47. The van der Waals surface area contributed by atoms with E-state index in [4.69, 9.17) is 0 Å². The fraction of sp³-hybridized carbons (Fsp3) is 0.600. The van der Waals surface area contributed by atoms with Gasteiger partial charge in [-0.3, -0.25) is 0 Å². The van der Waals surface area contributed by atoms with E-state index in [0.717, 1.165) is 51.1 Å². The SMILES string of the molecule is Cc1ncnc(N(C)CC2CCN(c3ncnc4c3CCCC4)CC2)c1F. The Morgan fingerprint density at radius 3 is 2.63 bits per heavy atom. The van der Waals surface area contributed by atoms with Crippen LogP contribution >= 0.6 is 0 Å². The first-order chi connectivity index (χ1) is 13.1. The molecule has 27 heavy (non-hydrogen) atoms. The van der Waals surface area contributed by atoms with Crippen LogP contribution in [0.3, 0.4) is 0 Å². The zero-order chi connectivity index (χ0) is 18.8. The Morgan fingerprint density at radius 2 is 1.81 bits per heavy atom. The van der Waals surface area contributed by atoms with Gasteiger partial charge < -0.3 is 9.80 Å². The van der Waals surface area contributed by atoms with Gasteiger partial charge in [0.1, 0.15) is 18.5 Å². The minimum Gasteiger partial charge on any atom is -0.357 e. The zero-order valence-electron chi connectivity index (χ0n) is 16.2. The third kappa shape index (κ3) is 3.73. The van der Waals surface area contributed by atoms with Crippen LogP contribution in [0.15, 0.2) is 12.7 Å². The van der Waals surface area contributed by atoms with Gasteiger partial charge >= 0.3 is 0 Å². The number of halogens is 1. The zero-order valence-corrected chi connectivity index (χ0v) is 16.2. The van der Waals surface area contributed by atoms with Gasteiger partial charge in [0.05, 0.1) is 5.69 Å². The summed E-state index contributed by atoms with van der Waals surface area (Å²) in [6, 6.07) is 0. The maximum absolute atomic E-state index is 14.3. The van der Waals surface area contributed by atoms with E-state index >= 15 is 0 Å². The monoisotopic (exact) mass is 370 g/mol. The van der Waals surface area contributed by atoms with Gasteiger partial charge in [0.2, 0.25) is 0 Å². The number of piperidine rings is 1. The molecule has 0 atom stereocenters. The fourth-order valence-corrected chi connectivity index (χ4v) is 4.29. The highest BCUT2D eigenvalue weighted by molar-refractivity contribution is 5.50. The van der Waals surface area contributed by atoms with Crippen LogP contribution < -0.4 is 9.80 Å². The van der Waals surface area contributed by atoms with E-state index in [-0.39, 0.29) is 5.82 Å². The van der Waals surface area contributed by atoms with Gasteiger partial charge in [-0.25, -0.2) is 24.3 Å². The van der Waals surface area contributed by atoms with E-state index in [1.807, 2.05) is 11.9 Å². The Balaban J connectivity index is 1.39. The molecule has 2 aromatic heterocycles. The van der Waals surface area contributed by atoms with Gasteiger partial charge in [0, 0.05) is 37.9 Å². The van der Waals surface area contributed by atoms with Crippen LogP contribution in [0.2, 0.25) is 0 Å². The lowest BCUT2D eigenvalue weighted by molar-refractivity contribution is 0.404. The molecule has 7 heteroatoms. The minimum absolute atomic E-state index is 0.315. The van der Waals surface area contributed by atoms with Crippen LogP contribution in [0.4, 0.5) is 16.0 Å². The second-order valence-electron chi connectivity index (χ2n) is 7.74. The molecule has 0 unspecified atom stereocenters. The summed E-state index contributed by atoms with van der Waals surface area (Å²) in [5.41, 5.74) is 3.00. The molecule has 4 rings (SSSR count).